The minimum Gasteiger partial charge on any atom is -0.414 e. The highest BCUT2D eigenvalue weighted by Crippen LogP contribution is 2.22. The summed E-state index contributed by atoms with van der Waals surface area (Å²) in [6, 6.07) is 7.38. The van der Waals surface area contributed by atoms with Gasteiger partial charge >= 0.3 is 0 Å². The quantitative estimate of drug-likeness (QED) is 0.629. The summed E-state index contributed by atoms with van der Waals surface area (Å²) in [4.78, 5) is 16.1. The zero-order valence-corrected chi connectivity index (χ0v) is 14.9. The molecule has 1 aromatic carbocycles. The Morgan fingerprint density at radius 1 is 1.40 bits per heavy atom. The number of hydrogen-bond donors (Lipinski definition) is 1. The summed E-state index contributed by atoms with van der Waals surface area (Å²) in [6.07, 6.45) is 2.99. The molecule has 0 aliphatic heterocycles. The highest BCUT2D eigenvalue weighted by atomic mass is 35.5. The van der Waals surface area contributed by atoms with Crippen molar-refractivity contribution in [3.8, 4) is 0 Å². The molecular formula is C15H15ClN6O2S. The van der Waals surface area contributed by atoms with Crippen molar-refractivity contribution >= 4 is 29.3 Å². The van der Waals surface area contributed by atoms with Crippen LogP contribution in [0.15, 0.2) is 46.6 Å². The number of carbonyl (C=O) groups is 1. The van der Waals surface area contributed by atoms with Crippen molar-refractivity contribution in [1.29, 1.82) is 0 Å². The number of carbonyl (C=O) groups excluding carboxylic acids is 1. The number of halogens is 1. The molecule has 1 N–H and O–H groups in total. The van der Waals surface area contributed by atoms with Crippen molar-refractivity contribution < 1.29 is 9.21 Å². The number of rotatable bonds is 7. The summed E-state index contributed by atoms with van der Waals surface area (Å²) >= 11 is 7.27. The number of aromatic nitrogens is 5. The monoisotopic (exact) mass is 378 g/mol. The van der Waals surface area contributed by atoms with E-state index in [1.54, 1.807) is 24.0 Å². The highest BCUT2D eigenvalue weighted by Gasteiger charge is 2.18. The number of thioether (sulfide) groups is 1. The lowest BCUT2D eigenvalue weighted by Crippen LogP contribution is -2.30. The van der Waals surface area contributed by atoms with Gasteiger partial charge in [-0.25, -0.2) is 9.67 Å². The van der Waals surface area contributed by atoms with Gasteiger partial charge < -0.3 is 9.73 Å². The van der Waals surface area contributed by atoms with Crippen LogP contribution in [0.25, 0.3) is 0 Å². The molecule has 0 radical (unpaired) electrons. The molecule has 25 heavy (non-hydrogen) atoms. The Morgan fingerprint density at radius 3 is 3.00 bits per heavy atom. The molecule has 0 fully saturated rings. The standard InChI is InChI=1S/C15H15ClN6O2S/c1-10(14(23)18-6-11-4-2-3-5-12(11)16)25-15-21-20-13(24-15)7-22-9-17-8-19-22/h2-5,8-10H,6-7H2,1H3,(H,18,23). The predicted octanol–water partition coefficient (Wildman–Crippen LogP) is 2.16. The lowest BCUT2D eigenvalue weighted by Gasteiger charge is -2.10. The first-order chi connectivity index (χ1) is 12.1. The van der Waals surface area contributed by atoms with Crippen LogP contribution in [0.2, 0.25) is 5.02 Å². The Kier molecular flexibility index (Phi) is 5.67. The fraction of sp³-hybridized carbons (Fsp3) is 0.267. The van der Waals surface area contributed by atoms with Gasteiger partial charge in [-0.05, 0) is 18.6 Å². The smallest absolute Gasteiger partial charge is 0.277 e. The fourth-order valence-electron chi connectivity index (χ4n) is 1.98. The van der Waals surface area contributed by atoms with E-state index in [1.807, 2.05) is 18.2 Å². The van der Waals surface area contributed by atoms with Crippen LogP contribution in [0.3, 0.4) is 0 Å². The van der Waals surface area contributed by atoms with Crippen molar-refractivity contribution in [1.82, 2.24) is 30.3 Å². The van der Waals surface area contributed by atoms with E-state index in [4.69, 9.17) is 16.0 Å². The van der Waals surface area contributed by atoms with Gasteiger partial charge in [0, 0.05) is 11.6 Å². The lowest BCUT2D eigenvalue weighted by molar-refractivity contribution is -0.120. The molecule has 0 saturated carbocycles. The molecule has 1 unspecified atom stereocenters. The Labute approximate surface area is 153 Å². The van der Waals surface area contributed by atoms with E-state index in [2.05, 4.69) is 25.6 Å². The Hall–Kier alpha value is -2.39. The minimum absolute atomic E-state index is 0.138. The van der Waals surface area contributed by atoms with E-state index in [9.17, 15) is 4.79 Å². The van der Waals surface area contributed by atoms with Crippen LogP contribution in [0.4, 0.5) is 0 Å². The maximum Gasteiger partial charge on any atom is 0.277 e. The van der Waals surface area contributed by atoms with E-state index >= 15 is 0 Å². The summed E-state index contributed by atoms with van der Waals surface area (Å²) in [5.41, 5.74) is 0.864. The van der Waals surface area contributed by atoms with Gasteiger partial charge in [0.15, 0.2) is 0 Å². The van der Waals surface area contributed by atoms with Gasteiger partial charge in [0.1, 0.15) is 19.2 Å². The molecule has 1 amide bonds. The third kappa shape index (κ3) is 4.80. The molecule has 3 rings (SSSR count). The van der Waals surface area contributed by atoms with Crippen molar-refractivity contribution in [3.63, 3.8) is 0 Å². The fourth-order valence-corrected chi connectivity index (χ4v) is 2.90. The molecule has 0 spiro atoms. The molecular weight excluding hydrogens is 364 g/mol. The maximum atomic E-state index is 12.2. The molecule has 0 aliphatic rings. The van der Waals surface area contributed by atoms with Crippen LogP contribution in [0, 0.1) is 0 Å². The summed E-state index contributed by atoms with van der Waals surface area (Å²) in [5.74, 6) is 0.262. The van der Waals surface area contributed by atoms with Gasteiger partial charge in [-0.2, -0.15) is 5.10 Å². The molecule has 8 nitrogen and oxygen atoms in total. The van der Waals surface area contributed by atoms with Crippen LogP contribution in [-0.2, 0) is 17.9 Å². The first kappa shape index (κ1) is 17.4. The minimum atomic E-state index is -0.387. The first-order valence-electron chi connectivity index (χ1n) is 7.44. The summed E-state index contributed by atoms with van der Waals surface area (Å²) in [7, 11) is 0. The molecule has 130 valence electrons. The molecule has 0 aliphatic carbocycles. The Bertz CT molecular complexity index is 838. The Balaban J connectivity index is 1.51. The molecule has 2 heterocycles. The lowest BCUT2D eigenvalue weighted by atomic mass is 10.2. The van der Waals surface area contributed by atoms with E-state index in [0.29, 0.717) is 29.2 Å². The van der Waals surface area contributed by atoms with Crippen LogP contribution in [-0.4, -0.2) is 36.1 Å². The van der Waals surface area contributed by atoms with Crippen molar-refractivity contribution in [2.75, 3.05) is 0 Å². The van der Waals surface area contributed by atoms with Crippen molar-refractivity contribution in [2.24, 2.45) is 0 Å². The third-order valence-electron chi connectivity index (χ3n) is 3.27. The van der Waals surface area contributed by atoms with Crippen LogP contribution in [0.5, 0.6) is 0 Å². The average Bonchev–Trinajstić information content (AvgIpc) is 3.26. The first-order valence-corrected chi connectivity index (χ1v) is 8.70. The van der Waals surface area contributed by atoms with E-state index < -0.39 is 0 Å². The summed E-state index contributed by atoms with van der Waals surface area (Å²) < 4.78 is 7.08. The second-order valence-corrected chi connectivity index (χ2v) is 6.82. The van der Waals surface area contributed by atoms with Crippen LogP contribution >= 0.6 is 23.4 Å². The van der Waals surface area contributed by atoms with E-state index in [0.717, 1.165) is 5.56 Å². The highest BCUT2D eigenvalue weighted by molar-refractivity contribution is 8.00. The van der Waals surface area contributed by atoms with Crippen LogP contribution in [0.1, 0.15) is 18.4 Å². The maximum absolute atomic E-state index is 12.2. The second-order valence-electron chi connectivity index (χ2n) is 5.12. The molecule has 1 atom stereocenters. The number of hydrogen-bond acceptors (Lipinski definition) is 7. The van der Waals surface area contributed by atoms with E-state index in [1.165, 1.54) is 18.1 Å². The van der Waals surface area contributed by atoms with Gasteiger partial charge in [-0.15, -0.1) is 10.2 Å². The van der Waals surface area contributed by atoms with Gasteiger partial charge in [0.05, 0.1) is 5.25 Å². The van der Waals surface area contributed by atoms with Crippen LogP contribution < -0.4 is 5.32 Å². The zero-order valence-electron chi connectivity index (χ0n) is 13.3. The number of amides is 1. The van der Waals surface area contributed by atoms with Gasteiger partial charge in [0.25, 0.3) is 5.22 Å². The topological polar surface area (TPSA) is 98.7 Å². The normalized spacial score (nSPS) is 12.1. The van der Waals surface area contributed by atoms with Gasteiger partial charge in [-0.3, -0.25) is 4.79 Å². The molecule has 3 aromatic rings. The molecule has 2 aromatic heterocycles. The summed E-state index contributed by atoms with van der Waals surface area (Å²) in [6.45, 7) is 2.47. The molecule has 10 heteroatoms. The SMILES string of the molecule is CC(Sc1nnc(Cn2cncn2)o1)C(=O)NCc1ccccc1Cl. The van der Waals surface area contributed by atoms with Crippen molar-refractivity contribution in [3.05, 3.63) is 53.4 Å². The Morgan fingerprint density at radius 2 is 2.24 bits per heavy atom. The zero-order chi connectivity index (χ0) is 17.6. The molecule has 0 bridgehead atoms. The molecule has 0 saturated heterocycles. The number of nitrogens with one attached hydrogen (secondary N) is 1. The van der Waals surface area contributed by atoms with Crippen molar-refractivity contribution in [2.45, 2.75) is 30.5 Å². The predicted molar refractivity (Wildman–Crippen MR) is 92.0 cm³/mol. The van der Waals surface area contributed by atoms with Gasteiger partial charge in [-0.1, -0.05) is 41.6 Å². The number of nitrogens with zero attached hydrogens (tertiary/aromatic N) is 5. The summed E-state index contributed by atoms with van der Waals surface area (Å²) in [5, 5.41) is 15.2. The largest absolute Gasteiger partial charge is 0.414 e. The number of benzene rings is 1. The third-order valence-corrected chi connectivity index (χ3v) is 4.57. The van der Waals surface area contributed by atoms with Gasteiger partial charge in [0.2, 0.25) is 11.8 Å². The average molecular weight is 379 g/mol. The van der Waals surface area contributed by atoms with E-state index in [-0.39, 0.29) is 11.2 Å². The second kappa shape index (κ2) is 8.13.